The summed E-state index contributed by atoms with van der Waals surface area (Å²) < 4.78 is 13.0. The maximum absolute atomic E-state index is 6.61. The van der Waals surface area contributed by atoms with Crippen molar-refractivity contribution in [2.75, 3.05) is 0 Å². The van der Waals surface area contributed by atoms with E-state index >= 15 is 0 Å². The molecule has 0 amide bonds. The first-order chi connectivity index (χ1) is 24.8. The van der Waals surface area contributed by atoms with Gasteiger partial charge in [0.25, 0.3) is 0 Å². The molecule has 0 atom stereocenters. The van der Waals surface area contributed by atoms with Crippen molar-refractivity contribution in [1.29, 1.82) is 0 Å². The molecule has 6 heteroatoms. The van der Waals surface area contributed by atoms with Crippen LogP contribution in [0.15, 0.2) is 154 Å². The van der Waals surface area contributed by atoms with Crippen LogP contribution >= 0.6 is 0 Å². The molecule has 50 heavy (non-hydrogen) atoms. The quantitative estimate of drug-likeness (QED) is 0.185. The lowest BCUT2D eigenvalue weighted by Gasteiger charge is -2.09. The fourth-order valence-electron chi connectivity index (χ4n) is 6.90. The fourth-order valence-corrected chi connectivity index (χ4v) is 6.90. The van der Waals surface area contributed by atoms with Crippen LogP contribution in [0.4, 0.5) is 0 Å². The summed E-state index contributed by atoms with van der Waals surface area (Å²) in [6.45, 7) is 0. The number of nitrogens with zero attached hydrogens (tertiary/aromatic N) is 4. The average Bonchev–Trinajstić information content (AvgIpc) is 3.76. The summed E-state index contributed by atoms with van der Waals surface area (Å²) >= 11 is 0. The Bertz CT molecular complexity index is 2750. The van der Waals surface area contributed by atoms with Crippen LogP contribution in [0.2, 0.25) is 0 Å². The zero-order valence-electron chi connectivity index (χ0n) is 26.9. The summed E-state index contributed by atoms with van der Waals surface area (Å²) in [5.74, 6) is 1.24. The standard InChI is InChI=1S/C44H28N4O2/c1-4-13-27(14-5-1)35-26-36(28-15-6-2-7-16-28)46-43(45-35)30-23-24-38-34(25-30)31-20-12-21-33(41(31)49-38)44-47-39(29-17-8-3-9-18-29)42-40(48-44)32-19-10-11-22-37(32)50-42/h1-2,4-8,10-26H,3,9H2. The lowest BCUT2D eigenvalue weighted by molar-refractivity contribution is 0.663. The zero-order valence-corrected chi connectivity index (χ0v) is 26.9. The molecule has 0 bridgehead atoms. The Morgan fingerprint density at radius 1 is 0.480 bits per heavy atom. The highest BCUT2D eigenvalue weighted by Crippen LogP contribution is 2.40. The third-order valence-electron chi connectivity index (χ3n) is 9.35. The zero-order chi connectivity index (χ0) is 33.0. The van der Waals surface area contributed by atoms with Crippen LogP contribution in [0.5, 0.6) is 0 Å². The second-order valence-electron chi connectivity index (χ2n) is 12.5. The van der Waals surface area contributed by atoms with E-state index in [1.165, 1.54) is 0 Å². The smallest absolute Gasteiger partial charge is 0.180 e. The third-order valence-corrected chi connectivity index (χ3v) is 9.35. The first-order valence-corrected chi connectivity index (χ1v) is 16.8. The number of aromatic nitrogens is 4. The van der Waals surface area contributed by atoms with Crippen LogP contribution in [-0.4, -0.2) is 19.9 Å². The van der Waals surface area contributed by atoms with E-state index in [0.717, 1.165) is 96.2 Å². The first-order valence-electron chi connectivity index (χ1n) is 16.8. The summed E-state index contributed by atoms with van der Waals surface area (Å²) in [5, 5.41) is 2.91. The monoisotopic (exact) mass is 644 g/mol. The number of hydrogen-bond donors (Lipinski definition) is 0. The summed E-state index contributed by atoms with van der Waals surface area (Å²) in [5.41, 5.74) is 11.1. The topological polar surface area (TPSA) is 77.8 Å². The summed E-state index contributed by atoms with van der Waals surface area (Å²) in [6, 6.07) is 42.9. The van der Waals surface area contributed by atoms with Gasteiger partial charge in [0.2, 0.25) is 0 Å². The van der Waals surface area contributed by atoms with E-state index in [2.05, 4.69) is 60.7 Å². The number of allylic oxidation sites excluding steroid dienone is 4. The minimum Gasteiger partial charge on any atom is -0.455 e. The summed E-state index contributed by atoms with van der Waals surface area (Å²) in [6.07, 6.45) is 8.51. The van der Waals surface area contributed by atoms with Crippen LogP contribution in [0.1, 0.15) is 18.5 Å². The van der Waals surface area contributed by atoms with E-state index in [9.17, 15) is 0 Å². The summed E-state index contributed by atoms with van der Waals surface area (Å²) in [4.78, 5) is 20.4. The molecule has 236 valence electrons. The Hall–Kier alpha value is -6.66. The number of para-hydroxylation sites is 2. The molecule has 1 aliphatic carbocycles. The second kappa shape index (κ2) is 11.5. The average molecular weight is 645 g/mol. The van der Waals surface area contributed by atoms with Crippen molar-refractivity contribution in [2.24, 2.45) is 0 Å². The number of rotatable bonds is 5. The molecule has 0 radical (unpaired) electrons. The van der Waals surface area contributed by atoms with Crippen LogP contribution < -0.4 is 0 Å². The Labute approximate surface area is 287 Å². The molecule has 9 aromatic rings. The molecule has 10 rings (SSSR count). The Morgan fingerprint density at radius 2 is 1.18 bits per heavy atom. The molecule has 0 saturated carbocycles. The molecule has 4 heterocycles. The SMILES string of the molecule is C1=CC(c2nc(-c3cccc4c3oc3ccc(-c5nc(-c6ccccc6)cc(-c6ccccc6)n5)cc34)nc3c2oc2ccccc23)=CCC1. The van der Waals surface area contributed by atoms with E-state index in [1.54, 1.807) is 0 Å². The molecule has 0 N–H and O–H groups in total. The fraction of sp³-hybridized carbons (Fsp3) is 0.0455. The molecule has 0 fully saturated rings. The van der Waals surface area contributed by atoms with Crippen LogP contribution in [0.25, 0.3) is 94.9 Å². The predicted octanol–water partition coefficient (Wildman–Crippen LogP) is 11.5. The molecule has 6 nitrogen and oxygen atoms in total. The normalized spacial score (nSPS) is 13.1. The van der Waals surface area contributed by atoms with Gasteiger partial charge in [-0.25, -0.2) is 19.9 Å². The van der Waals surface area contributed by atoms with E-state index in [1.807, 2.05) is 84.9 Å². The lowest BCUT2D eigenvalue weighted by atomic mass is 10.0. The molecule has 0 aliphatic heterocycles. The van der Waals surface area contributed by atoms with Crippen molar-refractivity contribution >= 4 is 49.6 Å². The van der Waals surface area contributed by atoms with Gasteiger partial charge in [-0.1, -0.05) is 103 Å². The highest BCUT2D eigenvalue weighted by Gasteiger charge is 2.22. The first kappa shape index (κ1) is 28.4. The Balaban J connectivity index is 1.15. The van der Waals surface area contributed by atoms with Crippen molar-refractivity contribution in [3.63, 3.8) is 0 Å². The van der Waals surface area contributed by atoms with Gasteiger partial charge >= 0.3 is 0 Å². The number of hydrogen-bond acceptors (Lipinski definition) is 6. The Morgan fingerprint density at radius 3 is 1.94 bits per heavy atom. The third kappa shape index (κ3) is 4.72. The van der Waals surface area contributed by atoms with Crippen molar-refractivity contribution in [2.45, 2.75) is 12.8 Å². The largest absolute Gasteiger partial charge is 0.455 e. The highest BCUT2D eigenvalue weighted by atomic mass is 16.3. The molecular formula is C44H28N4O2. The van der Waals surface area contributed by atoms with Crippen LogP contribution in [-0.2, 0) is 0 Å². The lowest BCUT2D eigenvalue weighted by Crippen LogP contribution is -1.97. The second-order valence-corrected chi connectivity index (χ2v) is 12.5. The maximum Gasteiger partial charge on any atom is 0.180 e. The number of furan rings is 2. The van der Waals surface area contributed by atoms with Crippen molar-refractivity contribution in [1.82, 2.24) is 19.9 Å². The van der Waals surface area contributed by atoms with Gasteiger partial charge in [-0.15, -0.1) is 0 Å². The highest BCUT2D eigenvalue weighted by molar-refractivity contribution is 6.11. The molecule has 1 aliphatic rings. The van der Waals surface area contributed by atoms with Gasteiger partial charge in [0, 0.05) is 32.8 Å². The van der Waals surface area contributed by atoms with E-state index in [-0.39, 0.29) is 0 Å². The van der Waals surface area contributed by atoms with E-state index in [4.69, 9.17) is 28.8 Å². The van der Waals surface area contributed by atoms with Gasteiger partial charge in [0.15, 0.2) is 17.2 Å². The minimum absolute atomic E-state index is 0.593. The minimum atomic E-state index is 0.593. The molecule has 4 aromatic heterocycles. The van der Waals surface area contributed by atoms with Crippen molar-refractivity contribution in [3.8, 4) is 45.3 Å². The maximum atomic E-state index is 6.61. The Kier molecular flexibility index (Phi) is 6.52. The molecule has 0 unspecified atom stereocenters. The summed E-state index contributed by atoms with van der Waals surface area (Å²) in [7, 11) is 0. The van der Waals surface area contributed by atoms with Gasteiger partial charge in [-0.3, -0.25) is 0 Å². The van der Waals surface area contributed by atoms with E-state index in [0.29, 0.717) is 17.2 Å². The molecular weight excluding hydrogens is 617 g/mol. The molecule has 0 spiro atoms. The number of fused-ring (bicyclic) bond motifs is 6. The van der Waals surface area contributed by atoms with Crippen LogP contribution in [0.3, 0.4) is 0 Å². The van der Waals surface area contributed by atoms with Gasteiger partial charge in [0.05, 0.1) is 17.0 Å². The van der Waals surface area contributed by atoms with Crippen LogP contribution in [0, 0.1) is 0 Å². The van der Waals surface area contributed by atoms with E-state index < -0.39 is 0 Å². The van der Waals surface area contributed by atoms with Gasteiger partial charge in [-0.05, 0) is 60.9 Å². The molecule has 0 saturated heterocycles. The van der Waals surface area contributed by atoms with Gasteiger partial charge in [-0.2, -0.15) is 0 Å². The van der Waals surface area contributed by atoms with Gasteiger partial charge < -0.3 is 8.83 Å². The predicted molar refractivity (Wildman–Crippen MR) is 200 cm³/mol. The van der Waals surface area contributed by atoms with Gasteiger partial charge in [0.1, 0.15) is 28.0 Å². The van der Waals surface area contributed by atoms with Crippen molar-refractivity contribution in [3.05, 3.63) is 151 Å². The molecule has 5 aromatic carbocycles. The number of benzene rings is 5. The van der Waals surface area contributed by atoms with Crippen molar-refractivity contribution < 1.29 is 8.83 Å².